The van der Waals surface area contributed by atoms with Crippen LogP contribution in [0.15, 0.2) is 65.5 Å². The summed E-state index contributed by atoms with van der Waals surface area (Å²) in [5, 5.41) is 0.676. The Kier molecular flexibility index (Phi) is 5.35. The van der Waals surface area contributed by atoms with Crippen molar-refractivity contribution in [1.82, 2.24) is 9.38 Å². The lowest BCUT2D eigenvalue weighted by atomic mass is 9.96. The second-order valence-electron chi connectivity index (χ2n) is 7.11. The number of halogens is 3. The highest BCUT2D eigenvalue weighted by Crippen LogP contribution is 2.33. The van der Waals surface area contributed by atoms with Crippen LogP contribution in [0.5, 0.6) is 0 Å². The van der Waals surface area contributed by atoms with Crippen molar-refractivity contribution in [1.29, 1.82) is 0 Å². The van der Waals surface area contributed by atoms with Crippen LogP contribution in [0.25, 0.3) is 22.5 Å². The molecule has 3 aromatic rings. The third-order valence-electron chi connectivity index (χ3n) is 5.08. The number of nitrogens with two attached hydrogens (primary N) is 1. The summed E-state index contributed by atoms with van der Waals surface area (Å²) < 4.78 is 29.0. The van der Waals surface area contributed by atoms with E-state index in [0.717, 1.165) is 29.2 Å². The summed E-state index contributed by atoms with van der Waals surface area (Å²) in [6.45, 7) is 2.37. The van der Waals surface area contributed by atoms with Crippen LogP contribution < -0.4 is 5.73 Å². The van der Waals surface area contributed by atoms with Gasteiger partial charge in [0.1, 0.15) is 5.65 Å². The molecule has 0 spiro atoms. The Bertz CT molecular complexity index is 1190. The minimum absolute atomic E-state index is 0.333. The Labute approximate surface area is 172 Å². The van der Waals surface area contributed by atoms with E-state index in [4.69, 9.17) is 17.3 Å². The number of allylic oxidation sites excluding steroid dienone is 6. The average Bonchev–Trinajstić information content (AvgIpc) is 3.10. The third-order valence-corrected chi connectivity index (χ3v) is 5.42. The Morgan fingerprint density at radius 3 is 2.69 bits per heavy atom. The number of hydrogen-bond donors (Lipinski definition) is 1. The van der Waals surface area contributed by atoms with E-state index in [2.05, 4.69) is 17.1 Å². The Morgan fingerprint density at radius 1 is 1.14 bits per heavy atom. The SMILES string of the molecule is C/C1=C/C(Cl)=C(/c2cn3c(-c4ccc(F)c(F)c4)cnc3cc2CN)CC=CC1. The van der Waals surface area contributed by atoms with Crippen molar-refractivity contribution in [3.05, 3.63) is 88.3 Å². The number of imidazole rings is 1. The molecule has 0 amide bonds. The van der Waals surface area contributed by atoms with E-state index in [-0.39, 0.29) is 0 Å². The Morgan fingerprint density at radius 2 is 1.93 bits per heavy atom. The number of nitrogens with zero attached hydrogens (tertiary/aromatic N) is 2. The van der Waals surface area contributed by atoms with Crippen molar-refractivity contribution in [3.8, 4) is 11.3 Å². The van der Waals surface area contributed by atoms with Crippen LogP contribution in [0.1, 0.15) is 30.9 Å². The van der Waals surface area contributed by atoms with Gasteiger partial charge in [-0.2, -0.15) is 0 Å². The smallest absolute Gasteiger partial charge is 0.159 e. The van der Waals surface area contributed by atoms with Crippen LogP contribution in [0.4, 0.5) is 8.78 Å². The van der Waals surface area contributed by atoms with Crippen LogP contribution in [-0.4, -0.2) is 9.38 Å². The highest BCUT2D eigenvalue weighted by molar-refractivity contribution is 6.34. The molecule has 2 heterocycles. The minimum Gasteiger partial charge on any atom is -0.326 e. The second-order valence-corrected chi connectivity index (χ2v) is 7.52. The molecule has 3 nitrogen and oxygen atoms in total. The zero-order chi connectivity index (χ0) is 20.5. The average molecular weight is 412 g/mol. The van der Waals surface area contributed by atoms with Gasteiger partial charge in [-0.1, -0.05) is 29.3 Å². The van der Waals surface area contributed by atoms with Gasteiger partial charge in [0.25, 0.3) is 0 Å². The van der Waals surface area contributed by atoms with Crippen molar-refractivity contribution in [3.63, 3.8) is 0 Å². The number of benzene rings is 1. The summed E-state index contributed by atoms with van der Waals surface area (Å²) in [4.78, 5) is 4.42. The Hall–Kier alpha value is -2.76. The summed E-state index contributed by atoms with van der Waals surface area (Å²) in [6, 6.07) is 5.74. The van der Waals surface area contributed by atoms with Gasteiger partial charge in [-0.25, -0.2) is 13.8 Å². The molecule has 1 aromatic carbocycles. The number of hydrogen-bond acceptors (Lipinski definition) is 2. The molecular formula is C23H20ClF2N3. The van der Waals surface area contributed by atoms with Crippen molar-refractivity contribution in [2.24, 2.45) is 5.73 Å². The maximum absolute atomic E-state index is 13.8. The third kappa shape index (κ3) is 3.76. The van der Waals surface area contributed by atoms with Crippen molar-refractivity contribution in [2.75, 3.05) is 0 Å². The molecule has 0 bridgehead atoms. The lowest BCUT2D eigenvalue weighted by molar-refractivity contribution is 0.509. The van der Waals surface area contributed by atoms with E-state index in [0.29, 0.717) is 34.9 Å². The van der Waals surface area contributed by atoms with Gasteiger partial charge in [0.15, 0.2) is 11.6 Å². The van der Waals surface area contributed by atoms with Gasteiger partial charge in [0, 0.05) is 28.9 Å². The molecule has 29 heavy (non-hydrogen) atoms. The summed E-state index contributed by atoms with van der Waals surface area (Å²) in [6.07, 6.45) is 11.3. The summed E-state index contributed by atoms with van der Waals surface area (Å²) >= 11 is 6.65. The lowest BCUT2D eigenvalue weighted by Crippen LogP contribution is -2.05. The molecule has 2 aromatic heterocycles. The topological polar surface area (TPSA) is 43.3 Å². The second kappa shape index (κ2) is 7.93. The predicted octanol–water partition coefficient (Wildman–Crippen LogP) is 5.98. The largest absolute Gasteiger partial charge is 0.326 e. The van der Waals surface area contributed by atoms with Gasteiger partial charge in [-0.15, -0.1) is 0 Å². The van der Waals surface area contributed by atoms with Crippen molar-refractivity contribution < 1.29 is 8.78 Å². The van der Waals surface area contributed by atoms with Crippen LogP contribution in [-0.2, 0) is 6.54 Å². The molecule has 0 fully saturated rings. The number of rotatable bonds is 3. The normalized spacial score (nSPS) is 19.1. The Balaban J connectivity index is 1.94. The van der Waals surface area contributed by atoms with E-state index in [1.807, 2.05) is 29.7 Å². The van der Waals surface area contributed by atoms with E-state index in [9.17, 15) is 8.78 Å². The molecule has 1 aliphatic carbocycles. The van der Waals surface area contributed by atoms with Gasteiger partial charge in [-0.3, -0.25) is 4.40 Å². The monoisotopic (exact) mass is 411 g/mol. The summed E-state index contributed by atoms with van der Waals surface area (Å²) in [7, 11) is 0. The van der Waals surface area contributed by atoms with E-state index >= 15 is 0 Å². The standard InChI is InChI=1S/C23H20ClF2N3/c1-14-4-2-3-5-17(19(24)8-14)18-13-29-22(12-28-23(29)10-16(18)11-27)15-6-7-20(25)21(26)9-15/h2-3,6-10,12-13H,4-5,11,27H2,1H3/b3-2?,14-8-,19-17-. The predicted molar refractivity (Wildman–Crippen MR) is 113 cm³/mol. The first kappa shape index (κ1) is 19.6. The first-order chi connectivity index (χ1) is 14.0. The number of pyridine rings is 1. The van der Waals surface area contributed by atoms with Gasteiger partial charge < -0.3 is 5.73 Å². The van der Waals surface area contributed by atoms with Gasteiger partial charge >= 0.3 is 0 Å². The van der Waals surface area contributed by atoms with Crippen molar-refractivity contribution >= 4 is 22.8 Å². The maximum atomic E-state index is 13.8. The molecule has 0 saturated heterocycles. The molecule has 0 saturated carbocycles. The molecule has 148 valence electrons. The summed E-state index contributed by atoms with van der Waals surface area (Å²) in [5.41, 5.74) is 11.9. The van der Waals surface area contributed by atoms with E-state index < -0.39 is 11.6 Å². The summed E-state index contributed by atoms with van der Waals surface area (Å²) in [5.74, 6) is -1.78. The van der Waals surface area contributed by atoms with E-state index in [1.165, 1.54) is 17.7 Å². The van der Waals surface area contributed by atoms with Crippen molar-refractivity contribution in [2.45, 2.75) is 26.3 Å². The van der Waals surface area contributed by atoms with Crippen LogP contribution in [0, 0.1) is 11.6 Å². The molecule has 0 unspecified atom stereocenters. The molecule has 4 rings (SSSR count). The molecular weight excluding hydrogens is 392 g/mol. The lowest BCUT2D eigenvalue weighted by Gasteiger charge is -2.16. The van der Waals surface area contributed by atoms with Crippen LogP contribution in [0.3, 0.4) is 0 Å². The first-order valence-corrected chi connectivity index (χ1v) is 9.72. The van der Waals surface area contributed by atoms with Gasteiger partial charge in [0.2, 0.25) is 0 Å². The zero-order valence-corrected chi connectivity index (χ0v) is 16.7. The van der Waals surface area contributed by atoms with Gasteiger partial charge in [-0.05, 0) is 61.2 Å². The molecule has 0 atom stereocenters. The highest BCUT2D eigenvalue weighted by atomic mass is 35.5. The quantitative estimate of drug-likeness (QED) is 0.538. The molecule has 0 aliphatic heterocycles. The minimum atomic E-state index is -0.896. The number of aromatic nitrogens is 2. The fraction of sp³-hybridized carbons (Fsp3) is 0.174. The fourth-order valence-electron chi connectivity index (χ4n) is 3.54. The maximum Gasteiger partial charge on any atom is 0.159 e. The molecule has 6 heteroatoms. The zero-order valence-electron chi connectivity index (χ0n) is 15.9. The molecule has 2 N–H and O–H groups in total. The molecule has 1 aliphatic rings. The molecule has 0 radical (unpaired) electrons. The van der Waals surface area contributed by atoms with Crippen LogP contribution in [0.2, 0.25) is 0 Å². The van der Waals surface area contributed by atoms with Crippen LogP contribution >= 0.6 is 11.6 Å². The first-order valence-electron chi connectivity index (χ1n) is 9.34. The van der Waals surface area contributed by atoms with E-state index in [1.54, 1.807) is 6.20 Å². The fourth-order valence-corrected chi connectivity index (χ4v) is 3.91. The van der Waals surface area contributed by atoms with Gasteiger partial charge in [0.05, 0.1) is 11.9 Å². The number of fused-ring (bicyclic) bond motifs is 1. The highest BCUT2D eigenvalue weighted by Gasteiger charge is 2.16.